The molecule has 0 fully saturated rings. The molecule has 0 aliphatic heterocycles. The van der Waals surface area contributed by atoms with Gasteiger partial charge in [-0.2, -0.15) is 14.6 Å². The van der Waals surface area contributed by atoms with E-state index in [1.807, 2.05) is 19.9 Å². The van der Waals surface area contributed by atoms with Crippen molar-refractivity contribution in [1.82, 2.24) is 19.6 Å². The number of hydrogen-bond acceptors (Lipinski definition) is 5. The summed E-state index contributed by atoms with van der Waals surface area (Å²) in [5, 5.41) is 7.70. The van der Waals surface area contributed by atoms with Crippen molar-refractivity contribution in [3.8, 4) is 5.75 Å². The van der Waals surface area contributed by atoms with E-state index in [0.29, 0.717) is 18.9 Å². The Bertz CT molecular complexity index is 1140. The standard InChI is InChI=1S/C24H27N5O/c1-16-12-21(14-20-8-6-5-7-9-20)13-17(2)22(16)30-11-10-25-23-18(3)19(4)28-24-26-15-27-29(23)24/h5-9,12-13,15,25H,10-11,14H2,1-4H3. The molecule has 2 aromatic heterocycles. The summed E-state index contributed by atoms with van der Waals surface area (Å²) in [6, 6.07) is 15.0. The fraction of sp³-hybridized carbons (Fsp3) is 0.292. The molecule has 0 amide bonds. The molecule has 30 heavy (non-hydrogen) atoms. The Morgan fingerprint density at radius 1 is 0.967 bits per heavy atom. The van der Waals surface area contributed by atoms with Crippen LogP contribution in [-0.4, -0.2) is 32.7 Å². The van der Waals surface area contributed by atoms with Crippen molar-refractivity contribution in [2.45, 2.75) is 34.1 Å². The van der Waals surface area contributed by atoms with Crippen molar-refractivity contribution in [3.05, 3.63) is 82.3 Å². The molecule has 0 bridgehead atoms. The van der Waals surface area contributed by atoms with Crippen LogP contribution in [0.5, 0.6) is 5.75 Å². The first-order valence-electron chi connectivity index (χ1n) is 10.2. The lowest BCUT2D eigenvalue weighted by Gasteiger charge is -2.16. The molecule has 6 heteroatoms. The maximum absolute atomic E-state index is 6.13. The predicted molar refractivity (Wildman–Crippen MR) is 119 cm³/mol. The molecule has 1 N–H and O–H groups in total. The zero-order valence-electron chi connectivity index (χ0n) is 17.9. The first-order chi connectivity index (χ1) is 14.5. The third-order valence-corrected chi connectivity index (χ3v) is 5.32. The van der Waals surface area contributed by atoms with Gasteiger partial charge in [0.15, 0.2) is 0 Å². The largest absolute Gasteiger partial charge is 0.491 e. The maximum Gasteiger partial charge on any atom is 0.254 e. The summed E-state index contributed by atoms with van der Waals surface area (Å²) >= 11 is 0. The molecule has 0 radical (unpaired) electrons. The minimum absolute atomic E-state index is 0.552. The summed E-state index contributed by atoms with van der Waals surface area (Å²) < 4.78 is 7.87. The Balaban J connectivity index is 1.41. The molecule has 6 nitrogen and oxygen atoms in total. The van der Waals surface area contributed by atoms with Gasteiger partial charge in [-0.1, -0.05) is 42.5 Å². The highest BCUT2D eigenvalue weighted by molar-refractivity contribution is 5.52. The first-order valence-corrected chi connectivity index (χ1v) is 10.2. The van der Waals surface area contributed by atoms with Gasteiger partial charge in [0, 0.05) is 11.3 Å². The van der Waals surface area contributed by atoms with Gasteiger partial charge in [0.25, 0.3) is 5.78 Å². The second-order valence-electron chi connectivity index (χ2n) is 7.64. The molecule has 2 aromatic carbocycles. The van der Waals surface area contributed by atoms with E-state index >= 15 is 0 Å². The Hall–Kier alpha value is -3.41. The number of nitrogens with zero attached hydrogens (tertiary/aromatic N) is 4. The molecule has 4 aromatic rings. The van der Waals surface area contributed by atoms with Crippen molar-refractivity contribution in [1.29, 1.82) is 0 Å². The third-order valence-electron chi connectivity index (χ3n) is 5.32. The maximum atomic E-state index is 6.13. The fourth-order valence-electron chi connectivity index (χ4n) is 3.76. The summed E-state index contributed by atoms with van der Waals surface area (Å²) in [5.41, 5.74) is 6.95. The van der Waals surface area contributed by atoms with Crippen LogP contribution in [0.15, 0.2) is 48.8 Å². The van der Waals surface area contributed by atoms with Crippen LogP contribution in [0, 0.1) is 27.7 Å². The van der Waals surface area contributed by atoms with Crippen LogP contribution in [0.1, 0.15) is 33.5 Å². The normalized spacial score (nSPS) is 11.1. The number of rotatable bonds is 7. The van der Waals surface area contributed by atoms with Gasteiger partial charge in [0.1, 0.15) is 24.5 Å². The van der Waals surface area contributed by atoms with Gasteiger partial charge in [0.2, 0.25) is 0 Å². The highest BCUT2D eigenvalue weighted by Gasteiger charge is 2.11. The molecule has 0 atom stereocenters. The quantitative estimate of drug-likeness (QED) is 0.464. The number of nitrogens with one attached hydrogen (secondary N) is 1. The van der Waals surface area contributed by atoms with Crippen molar-refractivity contribution >= 4 is 11.6 Å². The lowest BCUT2D eigenvalue weighted by atomic mass is 10.00. The van der Waals surface area contributed by atoms with E-state index in [2.05, 4.69) is 70.6 Å². The minimum atomic E-state index is 0.552. The van der Waals surface area contributed by atoms with Crippen LogP contribution in [0.3, 0.4) is 0 Å². The van der Waals surface area contributed by atoms with Gasteiger partial charge < -0.3 is 10.1 Å². The number of benzene rings is 2. The number of hydrogen-bond donors (Lipinski definition) is 1. The molecule has 0 aliphatic rings. The molecule has 0 spiro atoms. The zero-order valence-corrected chi connectivity index (χ0v) is 17.9. The predicted octanol–water partition coefficient (Wildman–Crippen LogP) is 4.44. The van der Waals surface area contributed by atoms with Gasteiger partial charge in [0.05, 0.1) is 6.54 Å². The van der Waals surface area contributed by atoms with Crippen molar-refractivity contribution < 1.29 is 4.74 Å². The average Bonchev–Trinajstić information content (AvgIpc) is 3.18. The molecule has 0 saturated heterocycles. The van der Waals surface area contributed by atoms with Crippen molar-refractivity contribution in [3.63, 3.8) is 0 Å². The topological polar surface area (TPSA) is 64.3 Å². The summed E-state index contributed by atoms with van der Waals surface area (Å²) in [4.78, 5) is 8.64. The smallest absolute Gasteiger partial charge is 0.254 e. The second-order valence-corrected chi connectivity index (χ2v) is 7.64. The number of fused-ring (bicyclic) bond motifs is 1. The van der Waals surface area contributed by atoms with Gasteiger partial charge in [-0.25, -0.2) is 4.98 Å². The van der Waals surface area contributed by atoms with E-state index in [1.54, 1.807) is 4.52 Å². The molecule has 154 valence electrons. The highest BCUT2D eigenvalue weighted by Crippen LogP contribution is 2.26. The first kappa shape index (κ1) is 19.9. The molecule has 0 aliphatic carbocycles. The Morgan fingerprint density at radius 3 is 2.43 bits per heavy atom. The fourth-order valence-corrected chi connectivity index (χ4v) is 3.76. The summed E-state index contributed by atoms with van der Waals surface area (Å²) in [6.45, 7) is 9.45. The number of aromatic nitrogens is 4. The van der Waals surface area contributed by atoms with Crippen LogP contribution in [-0.2, 0) is 6.42 Å². The monoisotopic (exact) mass is 401 g/mol. The van der Waals surface area contributed by atoms with E-state index in [9.17, 15) is 0 Å². The van der Waals surface area contributed by atoms with Crippen LogP contribution < -0.4 is 10.1 Å². The van der Waals surface area contributed by atoms with Crippen LogP contribution >= 0.6 is 0 Å². The van der Waals surface area contributed by atoms with E-state index in [0.717, 1.165) is 40.4 Å². The molecule has 0 saturated carbocycles. The molecular formula is C24H27N5O. The molecule has 2 heterocycles. The number of ether oxygens (including phenoxy) is 1. The second kappa shape index (κ2) is 8.53. The van der Waals surface area contributed by atoms with E-state index < -0.39 is 0 Å². The SMILES string of the molecule is Cc1cc(Cc2ccccc2)cc(C)c1OCCNc1c(C)c(C)nc2ncnn12. The van der Waals surface area contributed by atoms with E-state index in [-0.39, 0.29) is 0 Å². The number of anilines is 1. The Labute approximate surface area is 177 Å². The molecule has 0 unspecified atom stereocenters. The molecular weight excluding hydrogens is 374 g/mol. The van der Waals surface area contributed by atoms with Gasteiger partial charge in [-0.3, -0.25) is 0 Å². The lowest BCUT2D eigenvalue weighted by molar-refractivity contribution is 0.328. The van der Waals surface area contributed by atoms with Crippen molar-refractivity contribution in [2.75, 3.05) is 18.5 Å². The van der Waals surface area contributed by atoms with Crippen molar-refractivity contribution in [2.24, 2.45) is 0 Å². The lowest BCUT2D eigenvalue weighted by Crippen LogP contribution is -2.16. The minimum Gasteiger partial charge on any atom is -0.491 e. The zero-order chi connectivity index (χ0) is 21.1. The van der Waals surface area contributed by atoms with E-state index in [4.69, 9.17) is 4.74 Å². The molecule has 4 rings (SSSR count). The average molecular weight is 402 g/mol. The Kier molecular flexibility index (Phi) is 5.65. The van der Waals surface area contributed by atoms with Crippen LogP contribution in [0.4, 0.5) is 5.82 Å². The van der Waals surface area contributed by atoms with Gasteiger partial charge in [-0.15, -0.1) is 0 Å². The Morgan fingerprint density at radius 2 is 1.70 bits per heavy atom. The van der Waals surface area contributed by atoms with Crippen LogP contribution in [0.2, 0.25) is 0 Å². The van der Waals surface area contributed by atoms with E-state index in [1.165, 1.54) is 17.5 Å². The summed E-state index contributed by atoms with van der Waals surface area (Å²) in [7, 11) is 0. The summed E-state index contributed by atoms with van der Waals surface area (Å²) in [6.07, 6.45) is 2.45. The third kappa shape index (κ3) is 4.13. The highest BCUT2D eigenvalue weighted by atomic mass is 16.5. The van der Waals surface area contributed by atoms with Crippen LogP contribution in [0.25, 0.3) is 5.78 Å². The van der Waals surface area contributed by atoms with Gasteiger partial charge >= 0.3 is 0 Å². The number of aryl methyl sites for hydroxylation is 3. The summed E-state index contributed by atoms with van der Waals surface area (Å²) in [5.74, 6) is 2.47. The van der Waals surface area contributed by atoms with Gasteiger partial charge in [-0.05, 0) is 56.4 Å².